The molecule has 0 bridgehead atoms. The van der Waals surface area contributed by atoms with Crippen LogP contribution < -0.4 is 4.72 Å². The van der Waals surface area contributed by atoms with Crippen LogP contribution in [0.15, 0.2) is 101 Å². The molecule has 182 valence electrons. The summed E-state index contributed by atoms with van der Waals surface area (Å²) in [5.74, 6) is 0. The van der Waals surface area contributed by atoms with Crippen molar-refractivity contribution in [2.45, 2.75) is 9.79 Å². The molecule has 8 nitrogen and oxygen atoms in total. The van der Waals surface area contributed by atoms with E-state index in [1.54, 1.807) is 53.0 Å². The van der Waals surface area contributed by atoms with Crippen LogP contribution in [0.3, 0.4) is 0 Å². The lowest BCUT2D eigenvalue weighted by Gasteiger charge is -2.09. The molecule has 0 aliphatic heterocycles. The van der Waals surface area contributed by atoms with Crippen molar-refractivity contribution in [2.24, 2.45) is 0 Å². The van der Waals surface area contributed by atoms with Gasteiger partial charge in [-0.05, 0) is 60.2 Å². The minimum Gasteiger partial charge on any atom is -0.280 e. The average molecular weight is 539 g/mol. The minimum absolute atomic E-state index is 0.110. The highest BCUT2D eigenvalue weighted by molar-refractivity contribution is 7.92. The van der Waals surface area contributed by atoms with E-state index in [0.29, 0.717) is 16.4 Å². The zero-order chi connectivity index (χ0) is 25.5. The summed E-state index contributed by atoms with van der Waals surface area (Å²) in [7, 11) is -7.04. The van der Waals surface area contributed by atoms with Crippen molar-refractivity contribution in [1.82, 2.24) is 14.6 Å². The minimum atomic E-state index is -3.76. The van der Waals surface area contributed by atoms with Crippen LogP contribution in [0.5, 0.6) is 0 Å². The number of hydrogen-bond acceptors (Lipinski definition) is 6. The number of sulfone groups is 1. The lowest BCUT2D eigenvalue weighted by Crippen LogP contribution is -2.12. The number of sulfonamides is 1. The van der Waals surface area contributed by atoms with Crippen LogP contribution >= 0.6 is 11.6 Å². The van der Waals surface area contributed by atoms with Gasteiger partial charge in [0.15, 0.2) is 9.84 Å². The highest BCUT2D eigenvalue weighted by Gasteiger charge is 2.15. The third-order valence-electron chi connectivity index (χ3n) is 5.56. The van der Waals surface area contributed by atoms with Crippen molar-refractivity contribution in [3.63, 3.8) is 0 Å². The molecule has 3 aromatic carbocycles. The number of benzene rings is 3. The van der Waals surface area contributed by atoms with Gasteiger partial charge >= 0.3 is 0 Å². The fraction of sp³-hybridized carbons (Fsp3) is 0.0400. The van der Waals surface area contributed by atoms with Gasteiger partial charge in [-0.2, -0.15) is 5.10 Å². The summed E-state index contributed by atoms with van der Waals surface area (Å²) >= 11 is 5.85. The topological polar surface area (TPSA) is 110 Å². The molecule has 2 aromatic heterocycles. The zero-order valence-corrected chi connectivity index (χ0v) is 21.2. The van der Waals surface area contributed by atoms with E-state index in [9.17, 15) is 16.8 Å². The van der Waals surface area contributed by atoms with Crippen molar-refractivity contribution in [3.8, 4) is 22.4 Å². The Balaban J connectivity index is 1.44. The smallest absolute Gasteiger partial charge is 0.261 e. The second kappa shape index (κ2) is 9.05. The monoisotopic (exact) mass is 538 g/mol. The molecule has 0 aliphatic carbocycles. The van der Waals surface area contributed by atoms with Crippen molar-refractivity contribution in [3.05, 3.63) is 96.4 Å². The molecule has 5 rings (SSSR count). The Morgan fingerprint density at radius 3 is 2.03 bits per heavy atom. The van der Waals surface area contributed by atoms with Crippen molar-refractivity contribution in [2.75, 3.05) is 11.0 Å². The summed E-state index contributed by atoms with van der Waals surface area (Å²) in [4.78, 5) is 4.79. The standard InChI is InChI=1S/C25H19ClN4O4S2/c1-35(31,32)22-10-4-17(5-11-22)19-14-24-25(27-16-28-30(24)15-19)18-2-8-21(9-3-18)29-36(33,34)23-12-6-20(26)7-13-23/h2-16,29H,1H3. The van der Waals surface area contributed by atoms with E-state index in [1.165, 1.54) is 36.8 Å². The number of nitrogens with one attached hydrogen (secondary N) is 1. The number of anilines is 1. The summed E-state index contributed by atoms with van der Waals surface area (Å²) in [6.45, 7) is 0. The van der Waals surface area contributed by atoms with Crippen LogP contribution in [-0.2, 0) is 19.9 Å². The van der Waals surface area contributed by atoms with Gasteiger partial charge < -0.3 is 0 Å². The molecular formula is C25H19ClN4O4S2. The molecule has 1 N–H and O–H groups in total. The lowest BCUT2D eigenvalue weighted by molar-refractivity contribution is 0.600. The highest BCUT2D eigenvalue weighted by atomic mass is 35.5. The predicted molar refractivity (Wildman–Crippen MR) is 139 cm³/mol. The first-order chi connectivity index (χ1) is 17.1. The highest BCUT2D eigenvalue weighted by Crippen LogP contribution is 2.29. The lowest BCUT2D eigenvalue weighted by atomic mass is 10.1. The van der Waals surface area contributed by atoms with Crippen LogP contribution in [-0.4, -0.2) is 37.7 Å². The molecule has 0 saturated heterocycles. The maximum atomic E-state index is 12.6. The first-order valence-corrected chi connectivity index (χ1v) is 14.4. The molecule has 2 heterocycles. The Morgan fingerprint density at radius 2 is 1.39 bits per heavy atom. The van der Waals surface area contributed by atoms with Gasteiger partial charge in [-0.1, -0.05) is 35.9 Å². The van der Waals surface area contributed by atoms with Crippen molar-refractivity contribution < 1.29 is 16.8 Å². The molecule has 11 heteroatoms. The van der Waals surface area contributed by atoms with Gasteiger partial charge in [0.2, 0.25) is 0 Å². The van der Waals surface area contributed by atoms with Gasteiger partial charge in [0, 0.05) is 34.3 Å². The van der Waals surface area contributed by atoms with Gasteiger partial charge in [-0.15, -0.1) is 0 Å². The Morgan fingerprint density at radius 1 is 0.778 bits per heavy atom. The van der Waals surface area contributed by atoms with Gasteiger partial charge in [0.1, 0.15) is 6.33 Å². The fourth-order valence-corrected chi connectivity index (χ4v) is 5.54. The fourth-order valence-electron chi connectivity index (χ4n) is 3.73. The average Bonchev–Trinajstić information content (AvgIpc) is 3.29. The summed E-state index contributed by atoms with van der Waals surface area (Å²) in [5.41, 5.74) is 4.27. The normalized spacial score (nSPS) is 12.1. The Labute approximate surface area is 213 Å². The number of nitrogens with zero attached hydrogens (tertiary/aromatic N) is 3. The molecule has 0 unspecified atom stereocenters. The molecular weight excluding hydrogens is 520 g/mol. The molecule has 0 radical (unpaired) electrons. The number of fused-ring (bicyclic) bond motifs is 1. The Hall–Kier alpha value is -3.73. The third-order valence-corrected chi connectivity index (χ3v) is 8.33. The number of halogens is 1. The molecule has 0 amide bonds. The van der Waals surface area contributed by atoms with Crippen molar-refractivity contribution in [1.29, 1.82) is 0 Å². The first-order valence-electron chi connectivity index (χ1n) is 10.6. The molecule has 0 saturated carbocycles. The van der Waals surface area contributed by atoms with Crippen LogP contribution in [0, 0.1) is 0 Å². The number of aromatic nitrogens is 3. The summed E-state index contributed by atoms with van der Waals surface area (Å²) in [6, 6.07) is 21.4. The van der Waals surface area contributed by atoms with Gasteiger partial charge in [0.05, 0.1) is 21.0 Å². The molecule has 36 heavy (non-hydrogen) atoms. The molecule has 0 aliphatic rings. The van der Waals surface area contributed by atoms with E-state index in [1.807, 2.05) is 12.3 Å². The largest absolute Gasteiger partial charge is 0.280 e. The third kappa shape index (κ3) is 4.83. The number of hydrogen-bond donors (Lipinski definition) is 1. The summed E-state index contributed by atoms with van der Waals surface area (Å²) < 4.78 is 53.0. The SMILES string of the molecule is CS(=O)(=O)c1ccc(-c2cc3c(-c4ccc(NS(=O)(=O)c5ccc(Cl)cc5)cc4)ncnn3c2)cc1. The second-order valence-corrected chi connectivity index (χ2v) is 12.2. The van der Waals surface area contributed by atoms with Crippen molar-refractivity contribution >= 4 is 42.7 Å². The summed E-state index contributed by atoms with van der Waals surface area (Å²) in [6.07, 6.45) is 4.45. The molecule has 0 spiro atoms. The van der Waals surface area contributed by atoms with E-state index < -0.39 is 19.9 Å². The van der Waals surface area contributed by atoms with Crippen LogP contribution in [0.4, 0.5) is 5.69 Å². The second-order valence-electron chi connectivity index (χ2n) is 8.10. The maximum absolute atomic E-state index is 12.6. The summed E-state index contributed by atoms with van der Waals surface area (Å²) in [5, 5.41) is 4.74. The van der Waals surface area contributed by atoms with E-state index in [4.69, 9.17) is 11.6 Å². The van der Waals surface area contributed by atoms with E-state index >= 15 is 0 Å². The Kier molecular flexibility index (Phi) is 6.03. The first kappa shape index (κ1) is 24.0. The van der Waals surface area contributed by atoms with Crippen LogP contribution in [0.2, 0.25) is 5.02 Å². The number of rotatable bonds is 6. The molecule has 0 fully saturated rings. The maximum Gasteiger partial charge on any atom is 0.261 e. The van der Waals surface area contributed by atoms with E-state index in [2.05, 4.69) is 14.8 Å². The van der Waals surface area contributed by atoms with Crippen LogP contribution in [0.25, 0.3) is 27.9 Å². The zero-order valence-electron chi connectivity index (χ0n) is 18.8. The van der Waals surface area contributed by atoms with Gasteiger partial charge in [0.25, 0.3) is 10.0 Å². The molecule has 5 aromatic rings. The van der Waals surface area contributed by atoms with E-state index in [-0.39, 0.29) is 9.79 Å². The van der Waals surface area contributed by atoms with Crippen LogP contribution in [0.1, 0.15) is 0 Å². The predicted octanol–water partition coefficient (Wildman–Crippen LogP) is 4.92. The molecule has 0 atom stereocenters. The van der Waals surface area contributed by atoms with Gasteiger partial charge in [-0.25, -0.2) is 26.3 Å². The van der Waals surface area contributed by atoms with Gasteiger partial charge in [-0.3, -0.25) is 4.72 Å². The Bertz CT molecular complexity index is 1780. The quantitative estimate of drug-likeness (QED) is 0.328. The van der Waals surface area contributed by atoms with E-state index in [0.717, 1.165) is 22.2 Å².